The van der Waals surface area contributed by atoms with Gasteiger partial charge in [0.2, 0.25) is 5.91 Å². The summed E-state index contributed by atoms with van der Waals surface area (Å²) in [6.45, 7) is 4.35. The Labute approximate surface area is 119 Å². The van der Waals surface area contributed by atoms with Crippen LogP contribution in [0, 0.1) is 22.7 Å². The van der Waals surface area contributed by atoms with Crippen molar-refractivity contribution in [2.45, 2.75) is 52.4 Å². The molecule has 1 aliphatic carbocycles. The van der Waals surface area contributed by atoms with Crippen molar-refractivity contribution in [2.75, 3.05) is 5.75 Å². The predicted octanol–water partition coefficient (Wildman–Crippen LogP) is 3.58. The third-order valence-corrected chi connectivity index (χ3v) is 5.37. The van der Waals surface area contributed by atoms with Crippen molar-refractivity contribution in [3.05, 3.63) is 10.6 Å². The average molecular weight is 278 g/mol. The lowest BCUT2D eigenvalue weighted by Crippen LogP contribution is -2.42. The molecule has 2 rings (SSSR count). The van der Waals surface area contributed by atoms with E-state index in [1.54, 1.807) is 11.8 Å². The third kappa shape index (κ3) is 2.97. The molecule has 1 aliphatic heterocycles. The number of thioether (sulfide) groups is 1. The molecule has 1 saturated carbocycles. The van der Waals surface area contributed by atoms with Gasteiger partial charge >= 0.3 is 0 Å². The molecule has 2 unspecified atom stereocenters. The fraction of sp³-hybridized carbons (Fsp3) is 0.733. The Hall–Kier alpha value is -0.950. The first-order chi connectivity index (χ1) is 9.11. The standard InChI is InChI=1S/C15H22N2OS/c1-3-7-19-14-12(10-16)15(9-13(18)17-14)6-4-5-11(2)8-15/h11H,3-9H2,1-2H3,(H,17,18). The van der Waals surface area contributed by atoms with Crippen LogP contribution in [0.25, 0.3) is 0 Å². The summed E-state index contributed by atoms with van der Waals surface area (Å²) in [5.41, 5.74) is 0.669. The van der Waals surface area contributed by atoms with E-state index in [1.807, 2.05) is 0 Å². The molecule has 1 spiro atoms. The highest BCUT2D eigenvalue weighted by Crippen LogP contribution is 2.50. The van der Waals surface area contributed by atoms with Crippen LogP contribution in [0.4, 0.5) is 0 Å². The van der Waals surface area contributed by atoms with Gasteiger partial charge in [0.15, 0.2) is 0 Å². The minimum absolute atomic E-state index is 0.0895. The van der Waals surface area contributed by atoms with Gasteiger partial charge < -0.3 is 5.32 Å². The third-order valence-electron chi connectivity index (χ3n) is 4.16. The van der Waals surface area contributed by atoms with Gasteiger partial charge in [-0.15, -0.1) is 11.8 Å². The van der Waals surface area contributed by atoms with Gasteiger partial charge in [-0.1, -0.05) is 26.7 Å². The lowest BCUT2D eigenvalue weighted by atomic mass is 9.63. The van der Waals surface area contributed by atoms with E-state index in [1.165, 1.54) is 6.42 Å². The van der Waals surface area contributed by atoms with E-state index >= 15 is 0 Å². The van der Waals surface area contributed by atoms with Gasteiger partial charge in [-0.3, -0.25) is 4.79 Å². The van der Waals surface area contributed by atoms with Gasteiger partial charge in [0.1, 0.15) is 0 Å². The lowest BCUT2D eigenvalue weighted by Gasteiger charge is -2.42. The molecule has 2 aliphatic rings. The Kier molecular flexibility index (Phi) is 4.57. The van der Waals surface area contributed by atoms with Gasteiger partial charge in [0.05, 0.1) is 16.7 Å². The number of hydrogen-bond acceptors (Lipinski definition) is 3. The first-order valence-corrected chi connectivity index (χ1v) is 8.17. The molecule has 4 heteroatoms. The van der Waals surface area contributed by atoms with Crippen LogP contribution in [0.1, 0.15) is 52.4 Å². The lowest BCUT2D eigenvalue weighted by molar-refractivity contribution is -0.123. The van der Waals surface area contributed by atoms with Crippen LogP contribution in [0.3, 0.4) is 0 Å². The van der Waals surface area contributed by atoms with Crippen LogP contribution < -0.4 is 5.32 Å². The molecule has 104 valence electrons. The van der Waals surface area contributed by atoms with E-state index in [4.69, 9.17) is 0 Å². The van der Waals surface area contributed by atoms with Gasteiger partial charge in [0, 0.05) is 11.8 Å². The molecule has 0 radical (unpaired) electrons. The Balaban J connectivity index is 2.35. The molecule has 0 aromatic carbocycles. The maximum atomic E-state index is 12.0. The predicted molar refractivity (Wildman–Crippen MR) is 78.2 cm³/mol. The Morgan fingerprint density at radius 3 is 3.00 bits per heavy atom. The molecule has 0 bridgehead atoms. The largest absolute Gasteiger partial charge is 0.320 e. The smallest absolute Gasteiger partial charge is 0.225 e. The SMILES string of the molecule is CCCSC1=C(C#N)C2(CCCC(C)C2)CC(=O)N1. The highest BCUT2D eigenvalue weighted by Gasteiger charge is 2.44. The number of nitrogens with zero attached hydrogens (tertiary/aromatic N) is 1. The maximum Gasteiger partial charge on any atom is 0.225 e. The second-order valence-electron chi connectivity index (χ2n) is 5.87. The van der Waals surface area contributed by atoms with Gasteiger partial charge in [-0.05, 0) is 30.9 Å². The Bertz CT molecular complexity index is 438. The number of amides is 1. The van der Waals surface area contributed by atoms with Crippen molar-refractivity contribution in [1.82, 2.24) is 5.32 Å². The zero-order valence-electron chi connectivity index (χ0n) is 11.8. The van der Waals surface area contributed by atoms with Gasteiger partial charge in [-0.25, -0.2) is 0 Å². The van der Waals surface area contributed by atoms with Crippen molar-refractivity contribution < 1.29 is 4.79 Å². The summed E-state index contributed by atoms with van der Waals surface area (Å²) in [5, 5.41) is 13.3. The minimum Gasteiger partial charge on any atom is -0.320 e. The average Bonchev–Trinajstić information content (AvgIpc) is 2.35. The highest BCUT2D eigenvalue weighted by atomic mass is 32.2. The van der Waals surface area contributed by atoms with Crippen molar-refractivity contribution in [1.29, 1.82) is 5.26 Å². The van der Waals surface area contributed by atoms with Crippen LogP contribution in [0.2, 0.25) is 0 Å². The topological polar surface area (TPSA) is 52.9 Å². The summed E-state index contributed by atoms with van der Waals surface area (Å²) in [4.78, 5) is 12.0. The fourth-order valence-corrected chi connectivity index (χ4v) is 4.40. The van der Waals surface area contributed by atoms with Crippen molar-refractivity contribution >= 4 is 17.7 Å². The van der Waals surface area contributed by atoms with E-state index in [-0.39, 0.29) is 11.3 Å². The van der Waals surface area contributed by atoms with Crippen LogP contribution in [0.5, 0.6) is 0 Å². The Morgan fingerprint density at radius 2 is 2.37 bits per heavy atom. The molecular formula is C15H22N2OS. The van der Waals surface area contributed by atoms with Crippen LogP contribution in [-0.2, 0) is 4.79 Å². The molecule has 1 heterocycles. The monoisotopic (exact) mass is 278 g/mol. The summed E-state index contributed by atoms with van der Waals surface area (Å²) in [5.74, 6) is 1.65. The van der Waals surface area contributed by atoms with Crippen LogP contribution in [0.15, 0.2) is 10.6 Å². The summed E-state index contributed by atoms with van der Waals surface area (Å²) in [6.07, 6.45) is 5.87. The van der Waals surface area contributed by atoms with E-state index in [0.29, 0.717) is 12.3 Å². The highest BCUT2D eigenvalue weighted by molar-refractivity contribution is 8.03. The number of hydrogen-bond donors (Lipinski definition) is 1. The summed E-state index contributed by atoms with van der Waals surface area (Å²) < 4.78 is 0. The molecular weight excluding hydrogens is 256 g/mol. The van der Waals surface area contributed by atoms with Gasteiger partial charge in [0.25, 0.3) is 0 Å². The summed E-state index contributed by atoms with van der Waals surface area (Å²) in [7, 11) is 0. The second-order valence-corrected chi connectivity index (χ2v) is 6.98. The molecule has 0 aromatic rings. The van der Waals surface area contributed by atoms with Crippen LogP contribution in [-0.4, -0.2) is 11.7 Å². The maximum absolute atomic E-state index is 12.0. The first-order valence-electron chi connectivity index (χ1n) is 7.19. The minimum atomic E-state index is -0.176. The number of carbonyl (C=O) groups excluding carboxylic acids is 1. The van der Waals surface area contributed by atoms with E-state index in [2.05, 4.69) is 25.2 Å². The number of nitriles is 1. The van der Waals surface area contributed by atoms with E-state index in [0.717, 1.165) is 42.0 Å². The molecule has 0 saturated heterocycles. The second kappa shape index (κ2) is 6.00. The molecule has 2 atom stereocenters. The summed E-state index contributed by atoms with van der Waals surface area (Å²) in [6, 6.07) is 2.41. The number of nitrogens with one attached hydrogen (secondary N) is 1. The zero-order chi connectivity index (χ0) is 13.9. The molecule has 1 amide bonds. The first kappa shape index (κ1) is 14.5. The van der Waals surface area contributed by atoms with E-state index < -0.39 is 0 Å². The molecule has 19 heavy (non-hydrogen) atoms. The molecule has 1 fully saturated rings. The molecule has 1 N–H and O–H groups in total. The number of carbonyl (C=O) groups is 1. The fourth-order valence-electron chi connectivity index (χ4n) is 3.40. The van der Waals surface area contributed by atoms with Gasteiger partial charge in [-0.2, -0.15) is 5.26 Å². The van der Waals surface area contributed by atoms with Crippen LogP contribution >= 0.6 is 11.8 Å². The quantitative estimate of drug-likeness (QED) is 0.858. The van der Waals surface area contributed by atoms with Crippen molar-refractivity contribution in [2.24, 2.45) is 11.3 Å². The Morgan fingerprint density at radius 1 is 1.58 bits per heavy atom. The number of allylic oxidation sites excluding steroid dienone is 1. The van der Waals surface area contributed by atoms with Crippen molar-refractivity contribution in [3.8, 4) is 6.07 Å². The van der Waals surface area contributed by atoms with E-state index in [9.17, 15) is 10.1 Å². The van der Waals surface area contributed by atoms with Crippen molar-refractivity contribution in [3.63, 3.8) is 0 Å². The molecule has 3 nitrogen and oxygen atoms in total. The number of rotatable bonds is 3. The normalized spacial score (nSPS) is 31.2. The summed E-state index contributed by atoms with van der Waals surface area (Å²) >= 11 is 1.63. The zero-order valence-corrected chi connectivity index (χ0v) is 12.6. The molecule has 0 aromatic heterocycles.